The van der Waals surface area contributed by atoms with Crippen LogP contribution in [0.2, 0.25) is 0 Å². The first-order valence-electron chi connectivity index (χ1n) is 6.24. The highest BCUT2D eigenvalue weighted by Gasteiger charge is 2.17. The Labute approximate surface area is 98.2 Å². The Morgan fingerprint density at radius 1 is 1.31 bits per heavy atom. The molecule has 0 aromatic rings. The molecule has 0 saturated heterocycles. The molecule has 0 aromatic carbocycles. The van der Waals surface area contributed by atoms with E-state index in [1.54, 1.807) is 6.20 Å². The van der Waals surface area contributed by atoms with Gasteiger partial charge in [-0.1, -0.05) is 25.7 Å². The molecule has 92 valence electrons. The first kappa shape index (κ1) is 13.1. The van der Waals surface area contributed by atoms with E-state index < -0.39 is 0 Å². The van der Waals surface area contributed by atoms with Crippen LogP contribution in [0.15, 0.2) is 12.3 Å². The highest BCUT2D eigenvalue weighted by molar-refractivity contribution is 5.81. The van der Waals surface area contributed by atoms with E-state index in [1.165, 1.54) is 51.7 Å². The van der Waals surface area contributed by atoms with E-state index in [-0.39, 0.29) is 5.97 Å². The molecule has 1 aliphatic rings. The number of nitrogens with one attached hydrogen (secondary N) is 1. The van der Waals surface area contributed by atoms with Crippen LogP contribution in [0.5, 0.6) is 0 Å². The topological polar surface area (TPSA) is 38.3 Å². The maximum absolute atomic E-state index is 10.9. The lowest BCUT2D eigenvalue weighted by molar-refractivity contribution is -0.134. The summed E-state index contributed by atoms with van der Waals surface area (Å²) in [6.45, 7) is 2.19. The van der Waals surface area contributed by atoms with Gasteiger partial charge in [0.2, 0.25) is 0 Å². The second-order valence-corrected chi connectivity index (χ2v) is 4.56. The Morgan fingerprint density at radius 3 is 2.50 bits per heavy atom. The predicted octanol–water partition coefficient (Wildman–Crippen LogP) is 2.62. The molecule has 0 heterocycles. The Kier molecular flexibility index (Phi) is 5.98. The van der Waals surface area contributed by atoms with E-state index in [0.717, 1.165) is 5.92 Å². The van der Waals surface area contributed by atoms with Gasteiger partial charge in [0.05, 0.1) is 7.11 Å². The van der Waals surface area contributed by atoms with Crippen LogP contribution in [-0.2, 0) is 9.53 Å². The summed E-state index contributed by atoms with van der Waals surface area (Å²) >= 11 is 0. The molecule has 16 heavy (non-hydrogen) atoms. The summed E-state index contributed by atoms with van der Waals surface area (Å²) in [4.78, 5) is 10.9. The number of rotatable bonds is 4. The van der Waals surface area contributed by atoms with E-state index in [4.69, 9.17) is 0 Å². The number of carbonyl (C=O) groups is 1. The summed E-state index contributed by atoms with van der Waals surface area (Å²) in [5.74, 6) is 0.436. The summed E-state index contributed by atoms with van der Waals surface area (Å²) in [7, 11) is 1.39. The van der Waals surface area contributed by atoms with Crippen LogP contribution in [0.4, 0.5) is 0 Å². The zero-order valence-electron chi connectivity index (χ0n) is 10.4. The highest BCUT2D eigenvalue weighted by atomic mass is 16.5. The Balaban J connectivity index is 2.29. The Bertz CT molecular complexity index is 230. The highest BCUT2D eigenvalue weighted by Crippen LogP contribution is 2.25. The monoisotopic (exact) mass is 225 g/mol. The third kappa shape index (κ3) is 4.69. The molecule has 1 aliphatic carbocycles. The molecule has 0 aromatic heterocycles. The van der Waals surface area contributed by atoms with Crippen LogP contribution in [0, 0.1) is 5.92 Å². The molecular weight excluding hydrogens is 202 g/mol. The minimum Gasteiger partial charge on any atom is -0.466 e. The van der Waals surface area contributed by atoms with Crippen LogP contribution in [0.3, 0.4) is 0 Å². The zero-order chi connectivity index (χ0) is 11.8. The van der Waals surface area contributed by atoms with Crippen molar-refractivity contribution in [1.29, 1.82) is 0 Å². The van der Waals surface area contributed by atoms with Crippen molar-refractivity contribution >= 4 is 5.97 Å². The Morgan fingerprint density at radius 2 is 1.94 bits per heavy atom. The van der Waals surface area contributed by atoms with Gasteiger partial charge in [0.1, 0.15) is 0 Å². The van der Waals surface area contributed by atoms with Crippen molar-refractivity contribution in [2.24, 2.45) is 5.92 Å². The number of carbonyl (C=O) groups excluding carboxylic acids is 1. The van der Waals surface area contributed by atoms with E-state index in [9.17, 15) is 4.79 Å². The van der Waals surface area contributed by atoms with Crippen LogP contribution in [0.25, 0.3) is 0 Å². The third-order valence-electron chi connectivity index (χ3n) is 3.39. The van der Waals surface area contributed by atoms with Gasteiger partial charge >= 0.3 is 5.97 Å². The minimum absolute atomic E-state index is 0.305. The standard InChI is InChI=1S/C13H23NO2/c1-11(14-10-9-13(15)16-2)12-7-5-3-4-6-8-12/h9-12,14H,3-8H2,1-2H3/b10-9+/t11-/m1/s1. The van der Waals surface area contributed by atoms with Gasteiger partial charge in [0.15, 0.2) is 0 Å². The maximum Gasteiger partial charge on any atom is 0.331 e. The van der Waals surface area contributed by atoms with Gasteiger partial charge in [-0.3, -0.25) is 0 Å². The molecule has 1 atom stereocenters. The molecule has 1 saturated carbocycles. The van der Waals surface area contributed by atoms with E-state index in [2.05, 4.69) is 17.0 Å². The fraction of sp³-hybridized carbons (Fsp3) is 0.769. The maximum atomic E-state index is 10.9. The van der Waals surface area contributed by atoms with Crippen LogP contribution in [-0.4, -0.2) is 19.1 Å². The van der Waals surface area contributed by atoms with E-state index in [0.29, 0.717) is 6.04 Å². The van der Waals surface area contributed by atoms with Gasteiger partial charge in [0.25, 0.3) is 0 Å². The molecule has 0 aliphatic heterocycles. The van der Waals surface area contributed by atoms with Crippen molar-refractivity contribution in [1.82, 2.24) is 5.32 Å². The van der Waals surface area contributed by atoms with Crippen LogP contribution in [0.1, 0.15) is 45.4 Å². The fourth-order valence-corrected chi connectivity index (χ4v) is 2.28. The summed E-state index contributed by atoms with van der Waals surface area (Å²) in [5.41, 5.74) is 0. The average molecular weight is 225 g/mol. The second-order valence-electron chi connectivity index (χ2n) is 4.56. The molecule has 1 fully saturated rings. The molecule has 1 rings (SSSR count). The lowest BCUT2D eigenvalue weighted by Gasteiger charge is -2.22. The summed E-state index contributed by atoms with van der Waals surface area (Å²) in [6.07, 6.45) is 11.2. The SMILES string of the molecule is COC(=O)/C=C/N[C@H](C)C1CCCCCC1. The summed E-state index contributed by atoms with van der Waals surface area (Å²) in [5, 5.41) is 3.26. The number of methoxy groups -OCH3 is 1. The molecule has 0 bridgehead atoms. The van der Waals surface area contributed by atoms with Crippen molar-refractivity contribution in [2.45, 2.75) is 51.5 Å². The van der Waals surface area contributed by atoms with Crippen molar-refractivity contribution in [3.8, 4) is 0 Å². The van der Waals surface area contributed by atoms with Crippen molar-refractivity contribution in [3.63, 3.8) is 0 Å². The first-order valence-corrected chi connectivity index (χ1v) is 6.24. The fourth-order valence-electron chi connectivity index (χ4n) is 2.28. The van der Waals surface area contributed by atoms with Gasteiger partial charge in [-0.25, -0.2) is 4.79 Å². The molecule has 0 amide bonds. The lowest BCUT2D eigenvalue weighted by atomic mass is 9.93. The number of ether oxygens (including phenoxy) is 1. The second kappa shape index (κ2) is 7.31. The van der Waals surface area contributed by atoms with Gasteiger partial charge in [-0.15, -0.1) is 0 Å². The largest absolute Gasteiger partial charge is 0.466 e. The van der Waals surface area contributed by atoms with Gasteiger partial charge in [-0.05, 0) is 25.7 Å². The molecule has 3 nitrogen and oxygen atoms in total. The number of esters is 1. The first-order chi connectivity index (χ1) is 7.74. The van der Waals surface area contributed by atoms with Crippen LogP contribution >= 0.6 is 0 Å². The van der Waals surface area contributed by atoms with Crippen molar-refractivity contribution in [3.05, 3.63) is 12.3 Å². The third-order valence-corrected chi connectivity index (χ3v) is 3.39. The minimum atomic E-state index is -0.305. The molecule has 0 radical (unpaired) electrons. The van der Waals surface area contributed by atoms with Crippen molar-refractivity contribution in [2.75, 3.05) is 7.11 Å². The van der Waals surface area contributed by atoms with Gasteiger partial charge in [-0.2, -0.15) is 0 Å². The van der Waals surface area contributed by atoms with Crippen LogP contribution < -0.4 is 5.32 Å². The smallest absolute Gasteiger partial charge is 0.331 e. The molecular formula is C13H23NO2. The molecule has 0 spiro atoms. The van der Waals surface area contributed by atoms with E-state index in [1.807, 2.05) is 0 Å². The normalized spacial score (nSPS) is 20.4. The summed E-state index contributed by atoms with van der Waals surface area (Å²) in [6, 6.07) is 0.444. The van der Waals surface area contributed by atoms with Crippen molar-refractivity contribution < 1.29 is 9.53 Å². The molecule has 1 N–H and O–H groups in total. The number of hydrogen-bond donors (Lipinski definition) is 1. The lowest BCUT2D eigenvalue weighted by Crippen LogP contribution is -2.29. The average Bonchev–Trinajstić information content (AvgIpc) is 2.57. The van der Waals surface area contributed by atoms with E-state index >= 15 is 0 Å². The predicted molar refractivity (Wildman–Crippen MR) is 64.9 cm³/mol. The van der Waals surface area contributed by atoms with Gasteiger partial charge in [0, 0.05) is 18.3 Å². The molecule has 3 heteroatoms. The zero-order valence-corrected chi connectivity index (χ0v) is 10.4. The number of hydrogen-bond acceptors (Lipinski definition) is 3. The molecule has 0 unspecified atom stereocenters. The Hall–Kier alpha value is -0.990. The van der Waals surface area contributed by atoms with Gasteiger partial charge < -0.3 is 10.1 Å². The quantitative estimate of drug-likeness (QED) is 0.454. The summed E-state index contributed by atoms with van der Waals surface area (Å²) < 4.78 is 4.53.